The zero-order chi connectivity index (χ0) is 18.2. The molecule has 0 radical (unpaired) electrons. The highest BCUT2D eigenvalue weighted by molar-refractivity contribution is 5.99. The zero-order valence-electron chi connectivity index (χ0n) is 14.5. The van der Waals surface area contributed by atoms with Crippen molar-refractivity contribution in [3.8, 4) is 11.5 Å². The lowest BCUT2D eigenvalue weighted by Gasteiger charge is -2.00. The third kappa shape index (κ3) is 2.97. The van der Waals surface area contributed by atoms with Gasteiger partial charge in [-0.05, 0) is 37.1 Å². The number of rotatable bonds is 5. The van der Waals surface area contributed by atoms with Gasteiger partial charge in [-0.25, -0.2) is 4.98 Å². The Kier molecular flexibility index (Phi) is 3.71. The highest BCUT2D eigenvalue weighted by Crippen LogP contribution is 2.39. The number of aromatic nitrogens is 4. The highest BCUT2D eigenvalue weighted by Gasteiger charge is 2.30. The van der Waals surface area contributed by atoms with Crippen molar-refractivity contribution in [2.45, 2.75) is 25.3 Å². The minimum absolute atomic E-state index is 0.156. The number of carbonyl (C=O) groups excluding carboxylic acids is 1. The number of carbonyl (C=O) groups is 1. The molecule has 7 heteroatoms. The van der Waals surface area contributed by atoms with Crippen LogP contribution in [0.4, 0.5) is 0 Å². The van der Waals surface area contributed by atoms with Crippen LogP contribution in [0.15, 0.2) is 59.1 Å². The molecule has 5 rings (SSSR count). The molecule has 1 aromatic carbocycles. The standard InChI is InChI=1S/C20H17N5O2/c26-19(17-15-8-4-5-11-25(15)18(22-17)13-9-10-13)21-12-16-23-24-20(27-16)14-6-2-1-3-7-14/h1-8,11,13H,9-10,12H2,(H,21,26). The molecular formula is C20H17N5O2. The van der Waals surface area contributed by atoms with E-state index < -0.39 is 0 Å². The van der Waals surface area contributed by atoms with Crippen molar-refractivity contribution >= 4 is 11.4 Å². The van der Waals surface area contributed by atoms with Gasteiger partial charge in [0.1, 0.15) is 5.82 Å². The molecular weight excluding hydrogens is 342 g/mol. The Morgan fingerprint density at radius 1 is 1.11 bits per heavy atom. The van der Waals surface area contributed by atoms with Crippen LogP contribution in [0.25, 0.3) is 17.0 Å². The van der Waals surface area contributed by atoms with E-state index >= 15 is 0 Å². The van der Waals surface area contributed by atoms with E-state index in [1.807, 2.05) is 59.1 Å². The Balaban J connectivity index is 1.34. The Labute approximate surface area is 155 Å². The summed E-state index contributed by atoms with van der Waals surface area (Å²) in [6.45, 7) is 0.156. The Hall–Kier alpha value is -3.48. The van der Waals surface area contributed by atoms with Crippen LogP contribution in [0, 0.1) is 0 Å². The van der Waals surface area contributed by atoms with Gasteiger partial charge in [-0.1, -0.05) is 24.3 Å². The summed E-state index contributed by atoms with van der Waals surface area (Å²) in [5.41, 5.74) is 2.09. The maximum atomic E-state index is 12.7. The van der Waals surface area contributed by atoms with E-state index in [4.69, 9.17) is 4.42 Å². The number of imidazole rings is 1. The summed E-state index contributed by atoms with van der Waals surface area (Å²) < 4.78 is 7.64. The Morgan fingerprint density at radius 2 is 1.93 bits per heavy atom. The molecule has 3 heterocycles. The largest absolute Gasteiger partial charge is 0.419 e. The highest BCUT2D eigenvalue weighted by atomic mass is 16.4. The van der Waals surface area contributed by atoms with Crippen molar-refractivity contribution in [3.05, 3.63) is 72.1 Å². The number of hydrogen-bond donors (Lipinski definition) is 1. The third-order valence-electron chi connectivity index (χ3n) is 4.62. The van der Waals surface area contributed by atoms with Gasteiger partial charge in [0.2, 0.25) is 11.8 Å². The molecule has 1 aliphatic rings. The lowest BCUT2D eigenvalue weighted by atomic mass is 10.2. The minimum atomic E-state index is -0.245. The Morgan fingerprint density at radius 3 is 2.74 bits per heavy atom. The summed E-state index contributed by atoms with van der Waals surface area (Å²) in [7, 11) is 0. The van der Waals surface area contributed by atoms with Crippen LogP contribution < -0.4 is 5.32 Å². The topological polar surface area (TPSA) is 85.3 Å². The van der Waals surface area contributed by atoms with Crippen molar-refractivity contribution in [2.75, 3.05) is 0 Å². The molecule has 7 nitrogen and oxygen atoms in total. The lowest BCUT2D eigenvalue weighted by Crippen LogP contribution is -2.23. The maximum absolute atomic E-state index is 12.7. The second-order valence-corrected chi connectivity index (χ2v) is 6.60. The van der Waals surface area contributed by atoms with E-state index in [1.165, 1.54) is 0 Å². The number of amides is 1. The van der Waals surface area contributed by atoms with Gasteiger partial charge in [-0.2, -0.15) is 0 Å². The molecule has 1 N–H and O–H groups in total. The van der Waals surface area contributed by atoms with Gasteiger partial charge in [-0.15, -0.1) is 10.2 Å². The summed E-state index contributed by atoms with van der Waals surface area (Å²) in [5, 5.41) is 10.9. The fourth-order valence-electron chi connectivity index (χ4n) is 3.12. The zero-order valence-corrected chi connectivity index (χ0v) is 14.5. The van der Waals surface area contributed by atoms with Gasteiger partial charge >= 0.3 is 0 Å². The first kappa shape index (κ1) is 15.7. The molecule has 27 heavy (non-hydrogen) atoms. The van der Waals surface area contributed by atoms with E-state index in [2.05, 4.69) is 20.5 Å². The van der Waals surface area contributed by atoms with Crippen molar-refractivity contribution < 1.29 is 9.21 Å². The molecule has 1 amide bonds. The molecule has 0 unspecified atom stereocenters. The van der Waals surface area contributed by atoms with E-state index in [0.29, 0.717) is 23.4 Å². The third-order valence-corrected chi connectivity index (χ3v) is 4.62. The number of nitrogens with one attached hydrogen (secondary N) is 1. The van der Waals surface area contributed by atoms with E-state index in [1.54, 1.807) is 0 Å². The van der Waals surface area contributed by atoms with E-state index in [0.717, 1.165) is 29.7 Å². The summed E-state index contributed by atoms with van der Waals surface area (Å²) in [6, 6.07) is 15.3. The van der Waals surface area contributed by atoms with Gasteiger partial charge in [-0.3, -0.25) is 4.79 Å². The van der Waals surface area contributed by atoms with Crippen LogP contribution in [0.1, 0.15) is 41.0 Å². The number of nitrogens with zero attached hydrogens (tertiary/aromatic N) is 4. The second kappa shape index (κ2) is 6.35. The predicted octanol–water partition coefficient (Wildman–Crippen LogP) is 3.19. The monoisotopic (exact) mass is 359 g/mol. The molecule has 1 saturated carbocycles. The number of hydrogen-bond acceptors (Lipinski definition) is 5. The molecule has 0 spiro atoms. The summed E-state index contributed by atoms with van der Waals surface area (Å²) in [5.74, 6) is 1.95. The van der Waals surface area contributed by atoms with Crippen LogP contribution in [0.3, 0.4) is 0 Å². The smallest absolute Gasteiger partial charge is 0.272 e. The fourth-order valence-corrected chi connectivity index (χ4v) is 3.12. The summed E-state index contributed by atoms with van der Waals surface area (Å²) in [4.78, 5) is 17.3. The van der Waals surface area contributed by atoms with Gasteiger partial charge < -0.3 is 14.1 Å². The van der Waals surface area contributed by atoms with Crippen LogP contribution in [0.5, 0.6) is 0 Å². The first-order valence-electron chi connectivity index (χ1n) is 8.92. The molecule has 0 bridgehead atoms. The molecule has 3 aromatic heterocycles. The molecule has 1 fully saturated rings. The summed E-state index contributed by atoms with van der Waals surface area (Å²) in [6.07, 6.45) is 4.20. The Bertz CT molecular complexity index is 1110. The molecule has 134 valence electrons. The van der Waals surface area contributed by atoms with Crippen LogP contribution in [-0.2, 0) is 6.54 Å². The van der Waals surface area contributed by atoms with Crippen molar-refractivity contribution in [3.63, 3.8) is 0 Å². The van der Waals surface area contributed by atoms with Crippen molar-refractivity contribution in [1.29, 1.82) is 0 Å². The van der Waals surface area contributed by atoms with Gasteiger partial charge in [0.15, 0.2) is 5.69 Å². The number of fused-ring (bicyclic) bond motifs is 1. The quantitative estimate of drug-likeness (QED) is 0.591. The average Bonchev–Trinajstić information content (AvgIpc) is 3.32. The molecule has 0 atom stereocenters. The van der Waals surface area contributed by atoms with Crippen molar-refractivity contribution in [2.24, 2.45) is 0 Å². The van der Waals surface area contributed by atoms with Crippen LogP contribution in [-0.4, -0.2) is 25.5 Å². The SMILES string of the molecule is O=C(NCc1nnc(-c2ccccc2)o1)c1nc(C2CC2)n2ccccc12. The second-order valence-electron chi connectivity index (χ2n) is 6.60. The average molecular weight is 359 g/mol. The number of benzene rings is 1. The number of pyridine rings is 1. The fraction of sp³-hybridized carbons (Fsp3) is 0.200. The maximum Gasteiger partial charge on any atom is 0.272 e. The van der Waals surface area contributed by atoms with Gasteiger partial charge in [0.25, 0.3) is 5.91 Å². The van der Waals surface area contributed by atoms with Crippen molar-refractivity contribution in [1.82, 2.24) is 24.9 Å². The van der Waals surface area contributed by atoms with Crippen LogP contribution >= 0.6 is 0 Å². The van der Waals surface area contributed by atoms with Gasteiger partial charge in [0, 0.05) is 17.7 Å². The van der Waals surface area contributed by atoms with E-state index in [9.17, 15) is 4.79 Å². The normalized spacial score (nSPS) is 13.8. The molecule has 0 aliphatic heterocycles. The van der Waals surface area contributed by atoms with Gasteiger partial charge in [0.05, 0.1) is 12.1 Å². The minimum Gasteiger partial charge on any atom is -0.419 e. The van der Waals surface area contributed by atoms with E-state index in [-0.39, 0.29) is 12.5 Å². The van der Waals surface area contributed by atoms with Crippen LogP contribution in [0.2, 0.25) is 0 Å². The summed E-state index contributed by atoms with van der Waals surface area (Å²) >= 11 is 0. The molecule has 0 saturated heterocycles. The first-order valence-corrected chi connectivity index (χ1v) is 8.92. The molecule has 1 aliphatic carbocycles. The molecule has 4 aromatic rings. The predicted molar refractivity (Wildman–Crippen MR) is 98.1 cm³/mol. The first-order chi connectivity index (χ1) is 13.3. The lowest BCUT2D eigenvalue weighted by molar-refractivity contribution is 0.0944.